The summed E-state index contributed by atoms with van der Waals surface area (Å²) in [5.74, 6) is -0.301. The minimum atomic E-state index is -0.187. The van der Waals surface area contributed by atoms with Crippen LogP contribution in [0.3, 0.4) is 0 Å². The van der Waals surface area contributed by atoms with Crippen molar-refractivity contribution in [1.82, 2.24) is 15.6 Å². The molecule has 2 aromatic rings. The third kappa shape index (κ3) is 4.66. The van der Waals surface area contributed by atoms with Gasteiger partial charge >= 0.3 is 0 Å². The van der Waals surface area contributed by atoms with Gasteiger partial charge in [0.15, 0.2) is 0 Å². The van der Waals surface area contributed by atoms with Crippen LogP contribution in [0.15, 0.2) is 35.7 Å². The first-order valence-electron chi connectivity index (χ1n) is 7.11. The van der Waals surface area contributed by atoms with Gasteiger partial charge in [0.25, 0.3) is 5.91 Å². The summed E-state index contributed by atoms with van der Waals surface area (Å²) in [4.78, 5) is 27.3. The fraction of sp³-hybridized carbons (Fsp3) is 0.312. The molecule has 2 amide bonds. The molecule has 0 aliphatic carbocycles. The molecule has 0 radical (unpaired) electrons. The van der Waals surface area contributed by atoms with E-state index in [9.17, 15) is 9.59 Å². The molecule has 116 valence electrons. The maximum atomic E-state index is 12.0. The van der Waals surface area contributed by atoms with Crippen LogP contribution >= 0.6 is 11.3 Å². The Morgan fingerprint density at radius 1 is 1.27 bits per heavy atom. The number of nitrogens with zero attached hydrogens (tertiary/aromatic N) is 1. The Bertz CT molecular complexity index is 640. The number of nitrogens with one attached hydrogen (secondary N) is 2. The molecule has 0 unspecified atom stereocenters. The van der Waals surface area contributed by atoms with Crippen LogP contribution in [0, 0.1) is 0 Å². The zero-order valence-corrected chi connectivity index (χ0v) is 13.4. The van der Waals surface area contributed by atoms with Crippen molar-refractivity contribution in [2.24, 2.45) is 0 Å². The van der Waals surface area contributed by atoms with Crippen LogP contribution in [0.5, 0.6) is 0 Å². The predicted octanol–water partition coefficient (Wildman–Crippen LogP) is 2.31. The van der Waals surface area contributed by atoms with Crippen molar-refractivity contribution in [2.45, 2.75) is 26.3 Å². The van der Waals surface area contributed by atoms with Crippen molar-refractivity contribution in [1.29, 1.82) is 0 Å². The van der Waals surface area contributed by atoms with Gasteiger partial charge in [-0.3, -0.25) is 9.59 Å². The molecule has 1 atom stereocenters. The second-order valence-corrected chi connectivity index (χ2v) is 5.87. The average molecular weight is 317 g/mol. The Morgan fingerprint density at radius 2 is 2.00 bits per heavy atom. The van der Waals surface area contributed by atoms with Gasteiger partial charge in [-0.05, 0) is 18.9 Å². The number of hydrogen-bond donors (Lipinski definition) is 2. The average Bonchev–Trinajstić information content (AvgIpc) is 2.97. The quantitative estimate of drug-likeness (QED) is 0.859. The Hall–Kier alpha value is -2.21. The second-order valence-electron chi connectivity index (χ2n) is 4.98. The lowest BCUT2D eigenvalue weighted by Gasteiger charge is -2.08. The summed E-state index contributed by atoms with van der Waals surface area (Å²) in [5.41, 5.74) is 1.58. The molecule has 2 rings (SSSR count). The van der Waals surface area contributed by atoms with Crippen LogP contribution in [0.2, 0.25) is 0 Å². The van der Waals surface area contributed by atoms with Gasteiger partial charge in [0.05, 0.1) is 6.04 Å². The molecule has 0 saturated heterocycles. The fourth-order valence-corrected chi connectivity index (χ4v) is 2.82. The van der Waals surface area contributed by atoms with E-state index in [-0.39, 0.29) is 17.9 Å². The van der Waals surface area contributed by atoms with Gasteiger partial charge < -0.3 is 10.6 Å². The Kier molecular flexibility index (Phi) is 5.66. The second kappa shape index (κ2) is 7.70. The molecule has 2 N–H and O–H groups in total. The van der Waals surface area contributed by atoms with E-state index < -0.39 is 0 Å². The molecule has 1 aromatic carbocycles. The van der Waals surface area contributed by atoms with Crippen molar-refractivity contribution in [3.63, 3.8) is 0 Å². The predicted molar refractivity (Wildman–Crippen MR) is 86.8 cm³/mol. The van der Waals surface area contributed by atoms with Crippen molar-refractivity contribution >= 4 is 23.2 Å². The van der Waals surface area contributed by atoms with E-state index in [2.05, 4.69) is 15.6 Å². The molecule has 22 heavy (non-hydrogen) atoms. The topological polar surface area (TPSA) is 71.1 Å². The minimum Gasteiger partial charge on any atom is -0.350 e. The van der Waals surface area contributed by atoms with Gasteiger partial charge in [-0.15, -0.1) is 11.3 Å². The number of hydrogen-bond acceptors (Lipinski definition) is 4. The summed E-state index contributed by atoms with van der Waals surface area (Å²) in [7, 11) is 0. The molecule has 1 aromatic heterocycles. The largest absolute Gasteiger partial charge is 0.350 e. The highest BCUT2D eigenvalue weighted by Crippen LogP contribution is 2.17. The van der Waals surface area contributed by atoms with E-state index >= 15 is 0 Å². The molecule has 0 aliphatic rings. The summed E-state index contributed by atoms with van der Waals surface area (Å²) >= 11 is 1.37. The van der Waals surface area contributed by atoms with Crippen LogP contribution in [-0.2, 0) is 11.2 Å². The monoisotopic (exact) mass is 317 g/mol. The van der Waals surface area contributed by atoms with Gasteiger partial charge in [0.1, 0.15) is 10.7 Å². The van der Waals surface area contributed by atoms with Crippen LogP contribution in [0.25, 0.3) is 0 Å². The molecular formula is C16H19N3O2S. The van der Waals surface area contributed by atoms with Gasteiger partial charge in [-0.25, -0.2) is 4.98 Å². The lowest BCUT2D eigenvalue weighted by molar-refractivity contribution is -0.119. The molecule has 0 aliphatic heterocycles. The molecule has 0 saturated carbocycles. The lowest BCUT2D eigenvalue weighted by atomic mass is 10.1. The maximum absolute atomic E-state index is 12.0. The van der Waals surface area contributed by atoms with E-state index in [1.165, 1.54) is 23.8 Å². The molecule has 5 nitrogen and oxygen atoms in total. The highest BCUT2D eigenvalue weighted by Gasteiger charge is 2.15. The first-order valence-corrected chi connectivity index (χ1v) is 7.99. The van der Waals surface area contributed by atoms with Crippen molar-refractivity contribution in [3.8, 4) is 0 Å². The SMILES string of the molecule is CC(=O)N[C@H](C)c1nc(C(=O)NCCc2ccccc2)cs1. The molecule has 1 heterocycles. The van der Waals surface area contributed by atoms with E-state index in [0.29, 0.717) is 12.2 Å². The van der Waals surface area contributed by atoms with Gasteiger partial charge in [-0.1, -0.05) is 30.3 Å². The first kappa shape index (κ1) is 16.2. The Balaban J connectivity index is 1.85. The van der Waals surface area contributed by atoms with Crippen LogP contribution < -0.4 is 10.6 Å². The zero-order chi connectivity index (χ0) is 15.9. The molecular weight excluding hydrogens is 298 g/mol. The highest BCUT2D eigenvalue weighted by atomic mass is 32.1. The van der Waals surface area contributed by atoms with Crippen molar-refractivity contribution in [2.75, 3.05) is 6.54 Å². The number of amides is 2. The maximum Gasteiger partial charge on any atom is 0.270 e. The van der Waals surface area contributed by atoms with E-state index in [1.807, 2.05) is 37.3 Å². The smallest absolute Gasteiger partial charge is 0.270 e. The third-order valence-corrected chi connectivity index (χ3v) is 4.11. The van der Waals surface area contributed by atoms with Crippen molar-refractivity contribution in [3.05, 3.63) is 52.0 Å². The number of rotatable bonds is 6. The number of aromatic nitrogens is 1. The minimum absolute atomic E-state index is 0.114. The van der Waals surface area contributed by atoms with E-state index in [0.717, 1.165) is 11.4 Å². The normalized spacial score (nSPS) is 11.7. The number of carbonyl (C=O) groups is 2. The zero-order valence-electron chi connectivity index (χ0n) is 12.6. The van der Waals surface area contributed by atoms with Gasteiger partial charge in [-0.2, -0.15) is 0 Å². The molecule has 0 bridgehead atoms. The van der Waals surface area contributed by atoms with E-state index in [1.54, 1.807) is 5.38 Å². The first-order chi connectivity index (χ1) is 10.6. The van der Waals surface area contributed by atoms with Gasteiger partial charge in [0, 0.05) is 18.8 Å². The summed E-state index contributed by atoms with van der Waals surface area (Å²) < 4.78 is 0. The van der Waals surface area contributed by atoms with E-state index in [4.69, 9.17) is 0 Å². The third-order valence-electron chi connectivity index (χ3n) is 3.09. The number of benzene rings is 1. The standard InChI is InChI=1S/C16H19N3O2S/c1-11(18-12(2)20)16-19-14(10-22-16)15(21)17-9-8-13-6-4-3-5-7-13/h3-7,10-11H,8-9H2,1-2H3,(H,17,21)(H,18,20)/t11-/m1/s1. The lowest BCUT2D eigenvalue weighted by Crippen LogP contribution is -2.26. The Labute approximate surface area is 133 Å². The van der Waals surface area contributed by atoms with Crippen LogP contribution in [-0.4, -0.2) is 23.3 Å². The molecule has 0 spiro atoms. The summed E-state index contributed by atoms with van der Waals surface area (Å²) in [5, 5.41) is 8.05. The fourth-order valence-electron chi connectivity index (χ4n) is 2.01. The summed E-state index contributed by atoms with van der Waals surface area (Å²) in [6.45, 7) is 3.87. The van der Waals surface area contributed by atoms with Crippen LogP contribution in [0.4, 0.5) is 0 Å². The molecule has 6 heteroatoms. The highest BCUT2D eigenvalue weighted by molar-refractivity contribution is 7.09. The van der Waals surface area contributed by atoms with Crippen molar-refractivity contribution < 1.29 is 9.59 Å². The van der Waals surface area contributed by atoms with Crippen LogP contribution in [0.1, 0.15) is 40.9 Å². The summed E-state index contributed by atoms with van der Waals surface area (Å²) in [6.07, 6.45) is 0.784. The number of carbonyl (C=O) groups excluding carboxylic acids is 2. The summed E-state index contributed by atoms with van der Waals surface area (Å²) in [6, 6.07) is 9.80. The number of thiazole rings is 1. The Morgan fingerprint density at radius 3 is 2.68 bits per heavy atom. The van der Waals surface area contributed by atoms with Gasteiger partial charge in [0.2, 0.25) is 5.91 Å². The molecule has 0 fully saturated rings.